The second kappa shape index (κ2) is 9.33. The minimum Gasteiger partial charge on any atom is -0.381 e. The van der Waals surface area contributed by atoms with Crippen molar-refractivity contribution in [2.24, 2.45) is 11.7 Å². The molecule has 1 aliphatic rings. The number of anilines is 1. The summed E-state index contributed by atoms with van der Waals surface area (Å²) in [6.45, 7) is 1.98. The van der Waals surface area contributed by atoms with E-state index in [1.54, 1.807) is 6.20 Å². The van der Waals surface area contributed by atoms with Crippen molar-refractivity contribution in [2.45, 2.75) is 25.4 Å². The molecule has 1 fully saturated rings. The molecule has 0 aliphatic carbocycles. The number of hydrogen-bond donors (Lipinski definition) is 2. The molecule has 8 heteroatoms. The van der Waals surface area contributed by atoms with Crippen LogP contribution in [0.15, 0.2) is 41.1 Å². The molecule has 1 atom stereocenters. The fraction of sp³-hybridized carbons (Fsp3) is 0.412. The molecule has 0 spiro atoms. The van der Waals surface area contributed by atoms with Crippen LogP contribution in [0.3, 0.4) is 0 Å². The van der Waals surface area contributed by atoms with Gasteiger partial charge in [0.1, 0.15) is 0 Å². The zero-order valence-electron chi connectivity index (χ0n) is 13.7. The average Bonchev–Trinajstić information content (AvgIpc) is 3.03. The van der Waals surface area contributed by atoms with Crippen LogP contribution in [0.1, 0.15) is 18.4 Å². The molecule has 1 aromatic carbocycles. The summed E-state index contributed by atoms with van der Waals surface area (Å²) in [6.07, 6.45) is 5.16. The number of benzene rings is 1. The monoisotopic (exact) mass is 428 g/mol. The topological polar surface area (TPSA) is 82.2 Å². The molecule has 1 unspecified atom stereocenters. The number of rotatable bonds is 5. The van der Waals surface area contributed by atoms with E-state index in [0.29, 0.717) is 25.7 Å². The highest BCUT2D eigenvalue weighted by Crippen LogP contribution is 2.19. The fourth-order valence-corrected chi connectivity index (χ4v) is 3.09. The van der Waals surface area contributed by atoms with Gasteiger partial charge in [0.05, 0.1) is 12.6 Å². The van der Waals surface area contributed by atoms with Crippen LogP contribution in [0.4, 0.5) is 5.95 Å². The van der Waals surface area contributed by atoms with E-state index in [1.165, 1.54) is 0 Å². The van der Waals surface area contributed by atoms with Crippen LogP contribution in [-0.2, 0) is 16.1 Å². The van der Waals surface area contributed by atoms with E-state index >= 15 is 0 Å². The standard InChI is InChI=1S/C17H21BrN4O2.ClH/c18-14-3-1-12(2-4-14)11-22-8-7-20-17(22)21-16(23)15(19)13-5-9-24-10-6-13;/h1-4,7-8,13,15H,5-6,9-11,19H2,(H,20,21,23);1H. The number of nitrogens with one attached hydrogen (secondary N) is 1. The lowest BCUT2D eigenvalue weighted by molar-refractivity contribution is -0.119. The van der Waals surface area contributed by atoms with E-state index in [1.807, 2.05) is 35.0 Å². The zero-order chi connectivity index (χ0) is 16.9. The van der Waals surface area contributed by atoms with Gasteiger partial charge in [-0.1, -0.05) is 28.1 Å². The smallest absolute Gasteiger partial charge is 0.243 e. The zero-order valence-corrected chi connectivity index (χ0v) is 16.1. The third kappa shape index (κ3) is 5.28. The maximum Gasteiger partial charge on any atom is 0.243 e. The van der Waals surface area contributed by atoms with Gasteiger partial charge in [0.15, 0.2) is 0 Å². The van der Waals surface area contributed by atoms with E-state index in [2.05, 4.69) is 26.2 Å². The molecule has 0 radical (unpaired) electrons. The molecule has 6 nitrogen and oxygen atoms in total. The SMILES string of the molecule is Cl.NC(C(=O)Nc1nccn1Cc1ccc(Br)cc1)C1CCOCC1. The van der Waals surface area contributed by atoms with Crippen molar-refractivity contribution in [3.05, 3.63) is 46.7 Å². The van der Waals surface area contributed by atoms with Crippen molar-refractivity contribution in [1.82, 2.24) is 9.55 Å². The number of amides is 1. The van der Waals surface area contributed by atoms with Crippen molar-refractivity contribution in [3.63, 3.8) is 0 Å². The second-order valence-electron chi connectivity index (χ2n) is 5.97. The molecule has 2 heterocycles. The number of carbonyl (C=O) groups is 1. The Kier molecular flexibility index (Phi) is 7.43. The Bertz CT molecular complexity index is 686. The van der Waals surface area contributed by atoms with Gasteiger partial charge in [-0.2, -0.15) is 0 Å². The molecule has 1 aliphatic heterocycles. The summed E-state index contributed by atoms with van der Waals surface area (Å²) in [7, 11) is 0. The Morgan fingerprint density at radius 1 is 1.36 bits per heavy atom. The normalized spacial score (nSPS) is 16.1. The largest absolute Gasteiger partial charge is 0.381 e. The number of aromatic nitrogens is 2. The number of nitrogens with zero attached hydrogens (tertiary/aromatic N) is 2. The van der Waals surface area contributed by atoms with Crippen LogP contribution in [0.25, 0.3) is 0 Å². The predicted octanol–water partition coefficient (Wildman–Crippen LogP) is 2.81. The van der Waals surface area contributed by atoms with Crippen LogP contribution < -0.4 is 11.1 Å². The third-order valence-corrected chi connectivity index (χ3v) is 4.82. The lowest BCUT2D eigenvalue weighted by Crippen LogP contribution is -2.44. The van der Waals surface area contributed by atoms with Crippen molar-refractivity contribution in [3.8, 4) is 0 Å². The highest BCUT2D eigenvalue weighted by atomic mass is 79.9. The van der Waals surface area contributed by atoms with E-state index in [9.17, 15) is 4.79 Å². The van der Waals surface area contributed by atoms with Crippen LogP contribution in [0, 0.1) is 5.92 Å². The first-order valence-electron chi connectivity index (χ1n) is 8.03. The van der Waals surface area contributed by atoms with E-state index < -0.39 is 6.04 Å². The summed E-state index contributed by atoms with van der Waals surface area (Å²) in [5, 5.41) is 2.86. The van der Waals surface area contributed by atoms with Gasteiger partial charge >= 0.3 is 0 Å². The second-order valence-corrected chi connectivity index (χ2v) is 6.89. The lowest BCUT2D eigenvalue weighted by atomic mass is 9.92. The van der Waals surface area contributed by atoms with E-state index in [4.69, 9.17) is 10.5 Å². The Morgan fingerprint density at radius 3 is 2.72 bits per heavy atom. The summed E-state index contributed by atoms with van der Waals surface area (Å²) in [4.78, 5) is 16.7. The number of nitrogens with two attached hydrogens (primary N) is 1. The predicted molar refractivity (Wildman–Crippen MR) is 103 cm³/mol. The van der Waals surface area contributed by atoms with Gasteiger partial charge in [-0.05, 0) is 36.5 Å². The number of hydrogen-bond acceptors (Lipinski definition) is 4. The van der Waals surface area contributed by atoms with Crippen LogP contribution >= 0.6 is 28.3 Å². The first kappa shape index (κ1) is 19.9. The van der Waals surface area contributed by atoms with Crippen LogP contribution in [0.2, 0.25) is 0 Å². The molecule has 3 rings (SSSR count). The third-order valence-electron chi connectivity index (χ3n) is 4.29. The Labute approximate surface area is 161 Å². The molecule has 2 aromatic rings. The fourth-order valence-electron chi connectivity index (χ4n) is 2.83. The Hall–Kier alpha value is -1.41. The molecule has 3 N–H and O–H groups in total. The van der Waals surface area contributed by atoms with Crippen molar-refractivity contribution in [1.29, 1.82) is 0 Å². The van der Waals surface area contributed by atoms with Gasteiger partial charge in [-0.3, -0.25) is 10.1 Å². The van der Waals surface area contributed by atoms with Crippen molar-refractivity contribution >= 4 is 40.2 Å². The molecular weight excluding hydrogens is 408 g/mol. The van der Waals surface area contributed by atoms with E-state index in [-0.39, 0.29) is 24.2 Å². The molecule has 0 bridgehead atoms. The number of ether oxygens (including phenoxy) is 1. The summed E-state index contributed by atoms with van der Waals surface area (Å²) in [6, 6.07) is 7.51. The molecule has 1 amide bonds. The van der Waals surface area contributed by atoms with Crippen LogP contribution in [-0.4, -0.2) is 34.7 Å². The summed E-state index contributed by atoms with van der Waals surface area (Å²) in [5.41, 5.74) is 7.24. The van der Waals surface area contributed by atoms with Crippen molar-refractivity contribution < 1.29 is 9.53 Å². The highest BCUT2D eigenvalue weighted by Gasteiger charge is 2.27. The number of halogens is 2. The maximum atomic E-state index is 12.4. The number of carbonyl (C=O) groups excluding carboxylic acids is 1. The molecule has 0 saturated carbocycles. The minimum absolute atomic E-state index is 0. The highest BCUT2D eigenvalue weighted by molar-refractivity contribution is 9.10. The lowest BCUT2D eigenvalue weighted by Gasteiger charge is -2.26. The average molecular weight is 430 g/mol. The van der Waals surface area contributed by atoms with E-state index in [0.717, 1.165) is 22.9 Å². The van der Waals surface area contributed by atoms with Gasteiger partial charge in [0.25, 0.3) is 0 Å². The quantitative estimate of drug-likeness (QED) is 0.766. The molecule has 1 saturated heterocycles. The first-order valence-corrected chi connectivity index (χ1v) is 8.82. The van der Waals surface area contributed by atoms with Crippen molar-refractivity contribution in [2.75, 3.05) is 18.5 Å². The summed E-state index contributed by atoms with van der Waals surface area (Å²) in [5.74, 6) is 0.490. The first-order chi connectivity index (χ1) is 11.6. The van der Waals surface area contributed by atoms with Gasteiger partial charge in [0, 0.05) is 30.1 Å². The van der Waals surface area contributed by atoms with Gasteiger partial charge in [-0.15, -0.1) is 12.4 Å². The van der Waals surface area contributed by atoms with Gasteiger partial charge in [-0.25, -0.2) is 4.98 Å². The molecule has 1 aromatic heterocycles. The Balaban J connectivity index is 0.00000225. The van der Waals surface area contributed by atoms with Gasteiger partial charge < -0.3 is 15.0 Å². The summed E-state index contributed by atoms with van der Waals surface area (Å²) < 4.78 is 8.26. The van der Waals surface area contributed by atoms with Crippen LogP contribution in [0.5, 0.6) is 0 Å². The molecule has 136 valence electrons. The van der Waals surface area contributed by atoms with Gasteiger partial charge in [0.2, 0.25) is 11.9 Å². The maximum absolute atomic E-state index is 12.4. The molecule has 25 heavy (non-hydrogen) atoms. The molecular formula is C17H22BrClN4O2. The summed E-state index contributed by atoms with van der Waals surface area (Å²) >= 11 is 3.43. The number of imidazole rings is 1. The Morgan fingerprint density at radius 2 is 2.04 bits per heavy atom. The minimum atomic E-state index is -0.535.